The van der Waals surface area contributed by atoms with E-state index in [4.69, 9.17) is 6.42 Å². The number of rotatable bonds is 4. The molecule has 4 heteroatoms. The average molecular weight is 222 g/mol. The lowest BCUT2D eigenvalue weighted by Gasteiger charge is -2.32. The number of terminal acetylenes is 1. The molecule has 4 nitrogen and oxygen atoms in total. The molecule has 0 bridgehead atoms. The fourth-order valence-corrected chi connectivity index (χ4v) is 1.79. The highest BCUT2D eigenvalue weighted by Crippen LogP contribution is 2.11. The van der Waals surface area contributed by atoms with E-state index in [0.717, 1.165) is 0 Å². The van der Waals surface area contributed by atoms with E-state index in [-0.39, 0.29) is 24.4 Å². The summed E-state index contributed by atoms with van der Waals surface area (Å²) in [5.74, 6) is 2.75. The van der Waals surface area contributed by atoms with Gasteiger partial charge in [-0.25, -0.2) is 0 Å². The van der Waals surface area contributed by atoms with E-state index in [0.29, 0.717) is 25.3 Å². The summed E-state index contributed by atoms with van der Waals surface area (Å²) in [7, 11) is 0. The molecule has 88 valence electrons. The average Bonchev–Trinajstić information content (AvgIpc) is 2.20. The van der Waals surface area contributed by atoms with Gasteiger partial charge in [0.2, 0.25) is 11.8 Å². The minimum atomic E-state index is -0.376. The van der Waals surface area contributed by atoms with Gasteiger partial charge in [-0.2, -0.15) is 0 Å². The Morgan fingerprint density at radius 3 is 2.81 bits per heavy atom. The maximum atomic E-state index is 12.0. The van der Waals surface area contributed by atoms with Crippen molar-refractivity contribution >= 4 is 11.8 Å². The van der Waals surface area contributed by atoms with Crippen molar-refractivity contribution in [2.45, 2.75) is 32.7 Å². The van der Waals surface area contributed by atoms with Crippen LogP contribution in [-0.2, 0) is 9.59 Å². The lowest BCUT2D eigenvalue weighted by atomic mass is 10.0. The lowest BCUT2D eigenvalue weighted by molar-refractivity contribution is -0.144. The van der Waals surface area contributed by atoms with Gasteiger partial charge in [0, 0.05) is 13.0 Å². The molecule has 0 aromatic rings. The Balaban J connectivity index is 2.63. The third-order valence-electron chi connectivity index (χ3n) is 2.51. The van der Waals surface area contributed by atoms with E-state index in [9.17, 15) is 9.59 Å². The summed E-state index contributed by atoms with van der Waals surface area (Å²) in [4.78, 5) is 24.9. The molecule has 0 spiro atoms. The second-order valence-electron chi connectivity index (χ2n) is 4.46. The molecule has 0 radical (unpaired) electrons. The number of hydrogen-bond donors (Lipinski definition) is 1. The number of carbonyl (C=O) groups excluding carboxylic acids is 2. The highest BCUT2D eigenvalue weighted by molar-refractivity contribution is 5.94. The summed E-state index contributed by atoms with van der Waals surface area (Å²) in [6, 6.07) is -0.376. The first-order valence-corrected chi connectivity index (χ1v) is 5.56. The van der Waals surface area contributed by atoms with Gasteiger partial charge in [0.15, 0.2) is 0 Å². The smallest absolute Gasteiger partial charge is 0.245 e. The van der Waals surface area contributed by atoms with Gasteiger partial charge in [-0.3, -0.25) is 9.59 Å². The van der Waals surface area contributed by atoms with Crippen molar-refractivity contribution in [2.24, 2.45) is 5.92 Å². The molecular weight excluding hydrogens is 204 g/mol. The standard InChI is InChI=1S/C12H18N2O2/c1-4-5-6-14-8-11(15)13-10(12(14)16)7-9(2)3/h1,9-10H,5-8H2,2-3H3,(H,13,15). The predicted octanol–water partition coefficient (Wildman–Crippen LogP) is 0.383. The molecule has 0 aliphatic carbocycles. The van der Waals surface area contributed by atoms with Gasteiger partial charge in [0.1, 0.15) is 6.04 Å². The van der Waals surface area contributed by atoms with Gasteiger partial charge in [-0.1, -0.05) is 13.8 Å². The number of nitrogens with one attached hydrogen (secondary N) is 1. The van der Waals surface area contributed by atoms with Crippen LogP contribution in [0.2, 0.25) is 0 Å². The number of nitrogens with zero attached hydrogens (tertiary/aromatic N) is 1. The van der Waals surface area contributed by atoms with Crippen molar-refractivity contribution in [1.29, 1.82) is 0 Å². The van der Waals surface area contributed by atoms with Gasteiger partial charge in [-0.15, -0.1) is 12.3 Å². The van der Waals surface area contributed by atoms with E-state index in [1.165, 1.54) is 0 Å². The van der Waals surface area contributed by atoms with Crippen LogP contribution in [0.5, 0.6) is 0 Å². The molecule has 1 saturated heterocycles. The topological polar surface area (TPSA) is 49.4 Å². The first-order valence-electron chi connectivity index (χ1n) is 5.56. The minimum absolute atomic E-state index is 0.0106. The van der Waals surface area contributed by atoms with Crippen LogP contribution < -0.4 is 5.32 Å². The monoisotopic (exact) mass is 222 g/mol. The molecule has 0 aromatic carbocycles. The molecule has 1 fully saturated rings. The number of piperazine rings is 1. The number of amides is 2. The Morgan fingerprint density at radius 2 is 2.25 bits per heavy atom. The molecule has 0 aromatic heterocycles. The fourth-order valence-electron chi connectivity index (χ4n) is 1.79. The molecule has 1 N–H and O–H groups in total. The van der Waals surface area contributed by atoms with Crippen molar-refractivity contribution < 1.29 is 9.59 Å². The Morgan fingerprint density at radius 1 is 1.56 bits per heavy atom. The number of carbonyl (C=O) groups is 2. The van der Waals surface area contributed by atoms with Crippen molar-refractivity contribution in [3.8, 4) is 12.3 Å². The summed E-state index contributed by atoms with van der Waals surface area (Å²) in [5, 5.41) is 2.72. The highest BCUT2D eigenvalue weighted by atomic mass is 16.2. The second-order valence-corrected chi connectivity index (χ2v) is 4.46. The second kappa shape index (κ2) is 5.55. The molecule has 2 amide bonds. The largest absolute Gasteiger partial charge is 0.343 e. The molecule has 1 aliphatic rings. The van der Waals surface area contributed by atoms with Crippen molar-refractivity contribution in [1.82, 2.24) is 10.2 Å². The summed E-state index contributed by atoms with van der Waals surface area (Å²) < 4.78 is 0. The van der Waals surface area contributed by atoms with E-state index in [1.807, 2.05) is 13.8 Å². The SMILES string of the molecule is C#CCCN1CC(=O)NC(CC(C)C)C1=O. The van der Waals surface area contributed by atoms with Crippen LogP contribution >= 0.6 is 0 Å². The van der Waals surface area contributed by atoms with Crippen LogP contribution in [0, 0.1) is 18.3 Å². The van der Waals surface area contributed by atoms with Crippen molar-refractivity contribution in [3.63, 3.8) is 0 Å². The minimum Gasteiger partial charge on any atom is -0.343 e. The zero-order valence-corrected chi connectivity index (χ0v) is 9.82. The Labute approximate surface area is 96.4 Å². The molecule has 0 saturated carbocycles. The van der Waals surface area contributed by atoms with Crippen LogP contribution in [-0.4, -0.2) is 35.8 Å². The van der Waals surface area contributed by atoms with E-state index in [1.54, 1.807) is 4.90 Å². The van der Waals surface area contributed by atoms with Crippen molar-refractivity contribution in [2.75, 3.05) is 13.1 Å². The van der Waals surface area contributed by atoms with E-state index in [2.05, 4.69) is 11.2 Å². The van der Waals surface area contributed by atoms with Crippen LogP contribution in [0.3, 0.4) is 0 Å². The van der Waals surface area contributed by atoms with E-state index >= 15 is 0 Å². The molecular formula is C12H18N2O2. The number of hydrogen-bond acceptors (Lipinski definition) is 2. The third kappa shape index (κ3) is 3.27. The third-order valence-corrected chi connectivity index (χ3v) is 2.51. The van der Waals surface area contributed by atoms with Gasteiger partial charge in [0.05, 0.1) is 6.54 Å². The molecule has 1 atom stereocenters. The molecule has 1 unspecified atom stereocenters. The van der Waals surface area contributed by atoms with Gasteiger partial charge >= 0.3 is 0 Å². The zero-order valence-electron chi connectivity index (χ0n) is 9.82. The first-order chi connectivity index (χ1) is 7.54. The molecule has 16 heavy (non-hydrogen) atoms. The Hall–Kier alpha value is -1.50. The molecule has 1 aliphatic heterocycles. The fraction of sp³-hybridized carbons (Fsp3) is 0.667. The lowest BCUT2D eigenvalue weighted by Crippen LogP contribution is -2.58. The van der Waals surface area contributed by atoms with Crippen LogP contribution in [0.1, 0.15) is 26.7 Å². The van der Waals surface area contributed by atoms with Gasteiger partial charge in [-0.05, 0) is 12.3 Å². The first kappa shape index (κ1) is 12.6. The Kier molecular flexibility index (Phi) is 4.36. The van der Waals surface area contributed by atoms with Crippen molar-refractivity contribution in [3.05, 3.63) is 0 Å². The van der Waals surface area contributed by atoms with Gasteiger partial charge in [0.25, 0.3) is 0 Å². The summed E-state index contributed by atoms with van der Waals surface area (Å²) in [6.07, 6.45) is 6.32. The van der Waals surface area contributed by atoms with Crippen LogP contribution in [0.15, 0.2) is 0 Å². The van der Waals surface area contributed by atoms with Crippen LogP contribution in [0.25, 0.3) is 0 Å². The predicted molar refractivity (Wildman–Crippen MR) is 61.4 cm³/mol. The normalized spacial score (nSPS) is 20.9. The summed E-state index contributed by atoms with van der Waals surface area (Å²) >= 11 is 0. The molecule has 1 rings (SSSR count). The van der Waals surface area contributed by atoms with E-state index < -0.39 is 0 Å². The summed E-state index contributed by atoms with van der Waals surface area (Å²) in [6.45, 7) is 4.66. The maximum absolute atomic E-state index is 12.0. The highest BCUT2D eigenvalue weighted by Gasteiger charge is 2.32. The van der Waals surface area contributed by atoms with Crippen LogP contribution in [0.4, 0.5) is 0 Å². The maximum Gasteiger partial charge on any atom is 0.245 e. The summed E-state index contributed by atoms with van der Waals surface area (Å²) in [5.41, 5.74) is 0. The quantitative estimate of drug-likeness (QED) is 0.699. The zero-order chi connectivity index (χ0) is 12.1. The molecule has 1 heterocycles. The Bertz CT molecular complexity index is 317. The van der Waals surface area contributed by atoms with Gasteiger partial charge < -0.3 is 10.2 Å².